The minimum atomic E-state index is -1.12. The highest BCUT2D eigenvalue weighted by Gasteiger charge is 2.20. The number of esters is 1. The maximum atomic E-state index is 10.7. The van der Waals surface area contributed by atoms with Crippen molar-refractivity contribution in [2.24, 2.45) is 17.4 Å². The van der Waals surface area contributed by atoms with Crippen LogP contribution in [0.25, 0.3) is 0 Å². The van der Waals surface area contributed by atoms with E-state index in [1.807, 2.05) is 0 Å². The Balaban J connectivity index is 3.93. The van der Waals surface area contributed by atoms with Crippen molar-refractivity contribution in [1.82, 2.24) is 0 Å². The average Bonchev–Trinajstić information content (AvgIpc) is 1.84. The molecule has 0 aliphatic carbocycles. The molecule has 64 valence electrons. The molecule has 1 atom stereocenters. The number of carbonyl (C=O) groups excluding carboxylic acids is 2. The Hall–Kier alpha value is -1.10. The van der Waals surface area contributed by atoms with Gasteiger partial charge in [0.1, 0.15) is 6.04 Å². The molecular formula is C6H12N2O3. The second-order valence-corrected chi connectivity index (χ2v) is 2.51. The Morgan fingerprint density at radius 2 is 1.82 bits per heavy atom. The van der Waals surface area contributed by atoms with Crippen LogP contribution >= 0.6 is 0 Å². The summed E-state index contributed by atoms with van der Waals surface area (Å²) in [5.74, 6) is -0.852. The van der Waals surface area contributed by atoms with Crippen LogP contribution in [0.15, 0.2) is 0 Å². The van der Waals surface area contributed by atoms with Gasteiger partial charge < -0.3 is 16.2 Å². The van der Waals surface area contributed by atoms with Crippen LogP contribution in [0.3, 0.4) is 0 Å². The zero-order valence-corrected chi connectivity index (χ0v) is 6.53. The summed E-state index contributed by atoms with van der Waals surface area (Å²) in [6, 6.07) is -0.789. The van der Waals surface area contributed by atoms with Crippen LogP contribution in [-0.4, -0.2) is 18.1 Å². The Bertz CT molecular complexity index is 167. The minimum absolute atomic E-state index is 0.0677. The smallest absolute Gasteiger partial charge is 0.375 e. The fourth-order valence-corrected chi connectivity index (χ4v) is 0.439. The van der Waals surface area contributed by atoms with E-state index in [9.17, 15) is 9.59 Å². The Morgan fingerprint density at radius 1 is 1.36 bits per heavy atom. The predicted molar refractivity (Wildman–Crippen MR) is 38.5 cm³/mol. The van der Waals surface area contributed by atoms with E-state index in [-0.39, 0.29) is 5.92 Å². The summed E-state index contributed by atoms with van der Waals surface area (Å²) in [5.41, 5.74) is 9.92. The summed E-state index contributed by atoms with van der Waals surface area (Å²) in [5, 5.41) is 0. The SMILES string of the molecule is CC(C)C(N)C(=O)OC(N)=O. The molecule has 0 saturated heterocycles. The number of amides is 1. The molecule has 0 radical (unpaired) electrons. The number of ether oxygens (including phenoxy) is 1. The predicted octanol–water partition coefficient (Wildman–Crippen LogP) is -0.408. The monoisotopic (exact) mass is 160 g/mol. The van der Waals surface area contributed by atoms with Gasteiger partial charge in [0.05, 0.1) is 0 Å². The van der Waals surface area contributed by atoms with Gasteiger partial charge in [0.2, 0.25) is 0 Å². The van der Waals surface area contributed by atoms with Gasteiger partial charge in [-0.15, -0.1) is 0 Å². The molecule has 0 spiro atoms. The van der Waals surface area contributed by atoms with Gasteiger partial charge in [-0.3, -0.25) is 0 Å². The normalized spacial score (nSPS) is 12.7. The van der Waals surface area contributed by atoms with E-state index in [1.54, 1.807) is 13.8 Å². The third-order valence-corrected chi connectivity index (χ3v) is 1.19. The molecule has 0 heterocycles. The zero-order valence-electron chi connectivity index (χ0n) is 6.53. The highest BCUT2D eigenvalue weighted by atomic mass is 16.6. The van der Waals surface area contributed by atoms with Crippen molar-refractivity contribution in [1.29, 1.82) is 0 Å². The zero-order chi connectivity index (χ0) is 9.02. The first-order chi connectivity index (χ1) is 4.95. The lowest BCUT2D eigenvalue weighted by atomic mass is 10.1. The van der Waals surface area contributed by atoms with Crippen molar-refractivity contribution in [3.8, 4) is 0 Å². The van der Waals surface area contributed by atoms with E-state index in [2.05, 4.69) is 10.5 Å². The summed E-state index contributed by atoms with van der Waals surface area (Å²) in [6.07, 6.45) is -1.12. The van der Waals surface area contributed by atoms with Crippen LogP contribution < -0.4 is 11.5 Å². The van der Waals surface area contributed by atoms with Crippen molar-refractivity contribution >= 4 is 12.1 Å². The number of hydrogen-bond donors (Lipinski definition) is 2. The topological polar surface area (TPSA) is 95.4 Å². The van der Waals surface area contributed by atoms with Crippen LogP contribution in [0.2, 0.25) is 0 Å². The largest absolute Gasteiger partial charge is 0.412 e. The molecule has 0 aromatic carbocycles. The lowest BCUT2D eigenvalue weighted by molar-refractivity contribution is -0.139. The third kappa shape index (κ3) is 3.57. The molecule has 0 bridgehead atoms. The first-order valence-corrected chi connectivity index (χ1v) is 3.22. The molecule has 0 aliphatic rings. The van der Waals surface area contributed by atoms with Gasteiger partial charge >= 0.3 is 12.1 Å². The summed E-state index contributed by atoms with van der Waals surface area (Å²) in [4.78, 5) is 20.8. The van der Waals surface area contributed by atoms with E-state index < -0.39 is 18.1 Å². The van der Waals surface area contributed by atoms with E-state index in [1.165, 1.54) is 0 Å². The molecule has 0 aliphatic heterocycles. The summed E-state index contributed by atoms with van der Waals surface area (Å²) in [6.45, 7) is 3.49. The molecule has 4 N–H and O–H groups in total. The Kier molecular flexibility index (Phi) is 3.53. The van der Waals surface area contributed by atoms with Crippen molar-refractivity contribution in [3.05, 3.63) is 0 Å². The second kappa shape index (κ2) is 3.92. The molecule has 0 aromatic heterocycles. The number of hydrogen-bond acceptors (Lipinski definition) is 4. The highest BCUT2D eigenvalue weighted by molar-refractivity contribution is 5.86. The van der Waals surface area contributed by atoms with Gasteiger partial charge in [-0.1, -0.05) is 13.8 Å². The van der Waals surface area contributed by atoms with Crippen LogP contribution in [0, 0.1) is 5.92 Å². The molecular weight excluding hydrogens is 148 g/mol. The fraction of sp³-hybridized carbons (Fsp3) is 0.667. The third-order valence-electron chi connectivity index (χ3n) is 1.19. The van der Waals surface area contributed by atoms with Crippen LogP contribution in [0.5, 0.6) is 0 Å². The molecule has 1 amide bonds. The molecule has 5 heteroatoms. The van der Waals surface area contributed by atoms with Crippen molar-refractivity contribution in [2.45, 2.75) is 19.9 Å². The Morgan fingerprint density at radius 3 is 2.09 bits per heavy atom. The van der Waals surface area contributed by atoms with Gasteiger partial charge in [0.15, 0.2) is 0 Å². The lowest BCUT2D eigenvalue weighted by Crippen LogP contribution is -2.39. The lowest BCUT2D eigenvalue weighted by Gasteiger charge is -2.11. The van der Waals surface area contributed by atoms with Gasteiger partial charge in [0.25, 0.3) is 0 Å². The molecule has 0 saturated carbocycles. The van der Waals surface area contributed by atoms with Crippen molar-refractivity contribution < 1.29 is 14.3 Å². The average molecular weight is 160 g/mol. The standard InChI is InChI=1S/C6H12N2O3/c1-3(2)4(7)5(9)11-6(8)10/h3-4H,7H2,1-2H3,(H2,8,10). The van der Waals surface area contributed by atoms with E-state index in [4.69, 9.17) is 5.73 Å². The van der Waals surface area contributed by atoms with Gasteiger partial charge in [-0.2, -0.15) is 0 Å². The summed E-state index contributed by atoms with van der Waals surface area (Å²) in [7, 11) is 0. The first kappa shape index (κ1) is 9.90. The van der Waals surface area contributed by atoms with Gasteiger partial charge in [-0.05, 0) is 5.92 Å². The minimum Gasteiger partial charge on any atom is -0.375 e. The van der Waals surface area contributed by atoms with Crippen LogP contribution in [0.4, 0.5) is 4.79 Å². The number of rotatable bonds is 2. The number of carbonyl (C=O) groups is 2. The van der Waals surface area contributed by atoms with E-state index in [0.717, 1.165) is 0 Å². The maximum Gasteiger partial charge on any atom is 0.412 e. The summed E-state index contributed by atoms with van der Waals surface area (Å²) < 4.78 is 4.05. The maximum absolute atomic E-state index is 10.7. The molecule has 5 nitrogen and oxygen atoms in total. The molecule has 11 heavy (non-hydrogen) atoms. The van der Waals surface area contributed by atoms with Crippen molar-refractivity contribution in [3.63, 3.8) is 0 Å². The second-order valence-electron chi connectivity index (χ2n) is 2.51. The van der Waals surface area contributed by atoms with Gasteiger partial charge in [-0.25, -0.2) is 9.59 Å². The van der Waals surface area contributed by atoms with E-state index in [0.29, 0.717) is 0 Å². The molecule has 0 aromatic rings. The number of primary amides is 1. The Labute approximate surface area is 64.7 Å². The quantitative estimate of drug-likeness (QED) is 0.424. The number of nitrogens with two attached hydrogens (primary N) is 2. The molecule has 1 unspecified atom stereocenters. The summed E-state index contributed by atoms with van der Waals surface area (Å²) >= 11 is 0. The highest BCUT2D eigenvalue weighted by Crippen LogP contribution is 1.99. The molecule has 0 fully saturated rings. The van der Waals surface area contributed by atoms with Crippen LogP contribution in [-0.2, 0) is 9.53 Å². The molecule has 0 rings (SSSR count). The van der Waals surface area contributed by atoms with Crippen molar-refractivity contribution in [2.75, 3.05) is 0 Å². The fourth-order valence-electron chi connectivity index (χ4n) is 0.439. The van der Waals surface area contributed by atoms with Gasteiger partial charge in [0, 0.05) is 0 Å². The van der Waals surface area contributed by atoms with Crippen LogP contribution in [0.1, 0.15) is 13.8 Å². The van der Waals surface area contributed by atoms with E-state index >= 15 is 0 Å². The first-order valence-electron chi connectivity index (χ1n) is 3.22.